The topological polar surface area (TPSA) is 87.3 Å². The molecule has 4 rings (SSSR count). The molecule has 0 radical (unpaired) electrons. The Morgan fingerprint density at radius 2 is 1.37 bits per heavy atom. The summed E-state index contributed by atoms with van der Waals surface area (Å²) >= 11 is 0.728. The Balaban J connectivity index is 1.48. The molecular formula is C31H19F8N3O3S. The highest BCUT2D eigenvalue weighted by Gasteiger charge is 2.42. The number of rotatable bonds is 9. The Morgan fingerprint density at radius 3 is 2.00 bits per heavy atom. The molecule has 0 atom stereocenters. The van der Waals surface area contributed by atoms with Gasteiger partial charge < -0.3 is 16.0 Å². The van der Waals surface area contributed by atoms with Crippen molar-refractivity contribution in [2.75, 3.05) is 16.4 Å². The van der Waals surface area contributed by atoms with E-state index < -0.39 is 70.0 Å². The molecule has 0 fully saturated rings. The maximum atomic E-state index is 14.3. The molecule has 3 amide bonds. The van der Waals surface area contributed by atoms with Gasteiger partial charge in [-0.25, -0.2) is 22.0 Å². The summed E-state index contributed by atoms with van der Waals surface area (Å²) in [7, 11) is 0. The van der Waals surface area contributed by atoms with E-state index in [4.69, 9.17) is 0 Å². The van der Waals surface area contributed by atoms with Crippen LogP contribution in [0.5, 0.6) is 0 Å². The average Bonchev–Trinajstić information content (AvgIpc) is 3.01. The van der Waals surface area contributed by atoms with Crippen molar-refractivity contribution < 1.29 is 49.5 Å². The normalized spacial score (nSPS) is 11.6. The molecule has 0 spiro atoms. The van der Waals surface area contributed by atoms with E-state index in [1.165, 1.54) is 59.9 Å². The molecule has 0 saturated carbocycles. The molecule has 0 heterocycles. The predicted octanol–water partition coefficient (Wildman–Crippen LogP) is 7.54. The summed E-state index contributed by atoms with van der Waals surface area (Å²) in [6.07, 6.45) is -4.62. The van der Waals surface area contributed by atoms with Gasteiger partial charge in [0.25, 0.3) is 11.8 Å². The molecule has 0 unspecified atom stereocenters. The Hall–Kier alpha value is -5.18. The molecule has 0 aromatic heterocycles. The Morgan fingerprint density at radius 1 is 0.739 bits per heavy atom. The summed E-state index contributed by atoms with van der Waals surface area (Å²) in [5.74, 6) is -14.4. The van der Waals surface area contributed by atoms with Gasteiger partial charge in [-0.1, -0.05) is 42.5 Å². The van der Waals surface area contributed by atoms with E-state index in [1.807, 2.05) is 0 Å². The lowest BCUT2D eigenvalue weighted by Crippen LogP contribution is -2.30. The maximum absolute atomic E-state index is 14.3. The molecule has 0 saturated heterocycles. The average molecular weight is 666 g/mol. The second kappa shape index (κ2) is 14.3. The Kier molecular flexibility index (Phi) is 10.5. The molecular weight excluding hydrogens is 646 g/mol. The van der Waals surface area contributed by atoms with Gasteiger partial charge in [-0.3, -0.25) is 14.4 Å². The lowest BCUT2D eigenvalue weighted by molar-refractivity contribution is -0.143. The molecule has 4 aromatic rings. The van der Waals surface area contributed by atoms with Crippen LogP contribution in [0.2, 0.25) is 0 Å². The number of alkyl halides is 3. The lowest BCUT2D eigenvalue weighted by Gasteiger charge is -2.14. The third kappa shape index (κ3) is 8.10. The molecule has 0 aliphatic heterocycles. The van der Waals surface area contributed by atoms with Crippen LogP contribution in [0.3, 0.4) is 0 Å². The van der Waals surface area contributed by atoms with Crippen molar-refractivity contribution in [2.45, 2.75) is 11.1 Å². The summed E-state index contributed by atoms with van der Waals surface area (Å²) in [6.45, 7) is 0. The van der Waals surface area contributed by atoms with E-state index in [9.17, 15) is 49.5 Å². The first-order valence-corrected chi connectivity index (χ1v) is 13.8. The van der Waals surface area contributed by atoms with Crippen LogP contribution in [0.1, 0.15) is 21.5 Å². The number of amides is 3. The third-order valence-corrected chi connectivity index (χ3v) is 7.00. The van der Waals surface area contributed by atoms with E-state index in [-0.39, 0.29) is 27.4 Å². The van der Waals surface area contributed by atoms with Gasteiger partial charge in [0.1, 0.15) is 22.8 Å². The molecule has 0 bridgehead atoms. The van der Waals surface area contributed by atoms with Crippen LogP contribution in [-0.4, -0.2) is 23.5 Å². The molecule has 0 aliphatic rings. The Labute approximate surface area is 259 Å². The number of carbonyl (C=O) groups excluding carboxylic acids is 3. The van der Waals surface area contributed by atoms with Crippen LogP contribution in [0.25, 0.3) is 6.08 Å². The fourth-order valence-corrected chi connectivity index (χ4v) is 4.62. The number of halogens is 8. The third-order valence-electron chi connectivity index (χ3n) is 6.01. The summed E-state index contributed by atoms with van der Waals surface area (Å²) in [4.78, 5) is 38.5. The zero-order valence-corrected chi connectivity index (χ0v) is 23.8. The standard InChI is InChI=1S/C31H19F8N3O3S/c32-20-12-5-4-9-17(20)13-21(41-29(44)16-7-2-1-3-8-16)30(45)40-18-10-6-11-19(14-18)46-15-22(43)42-28-26(35)24(33)23(31(37,38)39)25(34)27(28)36/h1-14H,15H2,(H,40,45)(H,41,44)(H,42,43)/b21-13-. The van der Waals surface area contributed by atoms with E-state index in [0.29, 0.717) is 0 Å². The highest BCUT2D eigenvalue weighted by Crippen LogP contribution is 2.38. The number of hydrogen-bond donors (Lipinski definition) is 3. The largest absolute Gasteiger partial charge is 0.422 e. The summed E-state index contributed by atoms with van der Waals surface area (Å²) in [5, 5.41) is 6.49. The maximum Gasteiger partial charge on any atom is 0.422 e. The van der Waals surface area contributed by atoms with E-state index in [1.54, 1.807) is 18.2 Å². The number of carbonyl (C=O) groups is 3. The molecule has 3 N–H and O–H groups in total. The minimum Gasteiger partial charge on any atom is -0.321 e. The first-order valence-electron chi connectivity index (χ1n) is 12.9. The van der Waals surface area contributed by atoms with Crippen LogP contribution in [0.4, 0.5) is 46.5 Å². The van der Waals surface area contributed by atoms with E-state index in [0.717, 1.165) is 23.9 Å². The quantitative estimate of drug-likeness (QED) is 0.0747. The highest BCUT2D eigenvalue weighted by atomic mass is 32.2. The van der Waals surface area contributed by atoms with Gasteiger partial charge >= 0.3 is 6.18 Å². The SMILES string of the molecule is O=C(CSc1cccc(NC(=O)/C(=C/c2ccccc2F)NC(=O)c2ccccc2)c1)Nc1c(F)c(F)c(C(F)(F)F)c(F)c1F. The summed E-state index contributed by atoms with van der Waals surface area (Å²) in [5.41, 5.74) is -4.49. The minimum absolute atomic E-state index is 0.00277. The van der Waals surface area contributed by atoms with Crippen LogP contribution >= 0.6 is 11.8 Å². The second-order valence-electron chi connectivity index (χ2n) is 9.22. The van der Waals surface area contributed by atoms with Crippen molar-refractivity contribution in [3.63, 3.8) is 0 Å². The fourth-order valence-electron chi connectivity index (χ4n) is 3.87. The molecule has 238 valence electrons. The van der Waals surface area contributed by atoms with Gasteiger partial charge in [-0.05, 0) is 42.5 Å². The van der Waals surface area contributed by atoms with Gasteiger partial charge in [0, 0.05) is 21.7 Å². The zero-order chi connectivity index (χ0) is 33.6. The molecule has 46 heavy (non-hydrogen) atoms. The van der Waals surface area contributed by atoms with Crippen LogP contribution in [-0.2, 0) is 15.8 Å². The van der Waals surface area contributed by atoms with Gasteiger partial charge in [0.05, 0.1) is 5.75 Å². The van der Waals surface area contributed by atoms with Gasteiger partial charge in [0.2, 0.25) is 5.91 Å². The van der Waals surface area contributed by atoms with Crippen LogP contribution in [0, 0.1) is 29.1 Å². The number of thioether (sulfide) groups is 1. The fraction of sp³-hybridized carbons (Fsp3) is 0.0645. The van der Waals surface area contributed by atoms with Crippen molar-refractivity contribution in [3.8, 4) is 0 Å². The van der Waals surface area contributed by atoms with Crippen molar-refractivity contribution in [1.82, 2.24) is 5.32 Å². The highest BCUT2D eigenvalue weighted by molar-refractivity contribution is 8.00. The first kappa shape index (κ1) is 33.7. The van der Waals surface area contributed by atoms with E-state index in [2.05, 4.69) is 10.6 Å². The van der Waals surface area contributed by atoms with Gasteiger partial charge in [-0.2, -0.15) is 13.2 Å². The molecule has 15 heteroatoms. The molecule has 0 aliphatic carbocycles. The smallest absolute Gasteiger partial charge is 0.321 e. The monoisotopic (exact) mass is 665 g/mol. The minimum atomic E-state index is -5.74. The second-order valence-corrected chi connectivity index (χ2v) is 10.3. The number of benzene rings is 4. The van der Waals surface area contributed by atoms with Crippen molar-refractivity contribution in [1.29, 1.82) is 0 Å². The predicted molar refractivity (Wildman–Crippen MR) is 154 cm³/mol. The zero-order valence-electron chi connectivity index (χ0n) is 22.9. The molecule has 6 nitrogen and oxygen atoms in total. The number of hydrogen-bond acceptors (Lipinski definition) is 4. The van der Waals surface area contributed by atoms with Gasteiger partial charge in [-0.15, -0.1) is 11.8 Å². The summed E-state index contributed by atoms with van der Waals surface area (Å²) < 4.78 is 109. The summed E-state index contributed by atoms with van der Waals surface area (Å²) in [6, 6.07) is 19.1. The van der Waals surface area contributed by atoms with Gasteiger partial charge in [0.15, 0.2) is 23.3 Å². The number of nitrogens with one attached hydrogen (secondary N) is 3. The number of anilines is 2. The van der Waals surface area contributed by atoms with Crippen molar-refractivity contribution in [2.24, 2.45) is 0 Å². The first-order chi connectivity index (χ1) is 21.8. The molecule has 4 aromatic carbocycles. The van der Waals surface area contributed by atoms with Crippen LogP contribution < -0.4 is 16.0 Å². The Bertz CT molecular complexity index is 1800. The van der Waals surface area contributed by atoms with Crippen molar-refractivity contribution >= 4 is 46.9 Å². The van der Waals surface area contributed by atoms with E-state index >= 15 is 0 Å². The lowest BCUT2D eigenvalue weighted by atomic mass is 10.1. The van der Waals surface area contributed by atoms with Crippen molar-refractivity contribution in [3.05, 3.63) is 130 Å². The van der Waals surface area contributed by atoms with Crippen LogP contribution in [0.15, 0.2) is 89.5 Å².